The number of nitrogens with one attached hydrogen (secondary N) is 2. The molecule has 2 rings (SSSR count). The maximum absolute atomic E-state index is 13.6. The first-order valence-corrected chi connectivity index (χ1v) is 9.05. The van der Waals surface area contributed by atoms with E-state index in [2.05, 4.69) is 20.6 Å². The normalized spacial score (nSPS) is 15.2. The molecule has 0 fully saturated rings. The average molecular weight is 525 g/mol. The summed E-state index contributed by atoms with van der Waals surface area (Å²) in [7, 11) is 1.41. The highest BCUT2D eigenvalue weighted by atomic mass is 127. The average Bonchev–Trinajstić information content (AvgIpc) is 3.08. The number of nitrogens with zero attached hydrogens (tertiary/aromatic N) is 3. The number of aromatic nitrogens is 2. The number of halogens is 4. The summed E-state index contributed by atoms with van der Waals surface area (Å²) in [5.74, 6) is -0.0750. The number of guanidine groups is 1. The van der Waals surface area contributed by atoms with E-state index < -0.39 is 24.0 Å². The molecule has 1 aromatic heterocycles. The number of rotatable bonds is 7. The van der Waals surface area contributed by atoms with E-state index in [1.54, 1.807) is 0 Å². The molecule has 2 atom stereocenters. The molecule has 10 heteroatoms. The second-order valence-corrected chi connectivity index (χ2v) is 6.51. The molecule has 0 aliphatic rings. The summed E-state index contributed by atoms with van der Waals surface area (Å²) < 4.78 is 41.9. The van der Waals surface area contributed by atoms with Crippen LogP contribution < -0.4 is 10.6 Å². The summed E-state index contributed by atoms with van der Waals surface area (Å²) >= 11 is 0. The SMILES string of the molecule is CCNC(=NCCC(O)(c1nccn1C)C(F)(F)F)NC(C)c1ccccc1.I. The van der Waals surface area contributed by atoms with Crippen LogP contribution in [0.15, 0.2) is 47.7 Å². The minimum atomic E-state index is -4.87. The summed E-state index contributed by atoms with van der Waals surface area (Å²) in [4.78, 5) is 7.90. The number of benzene rings is 1. The molecule has 6 nitrogen and oxygen atoms in total. The first-order chi connectivity index (χ1) is 13.2. The summed E-state index contributed by atoms with van der Waals surface area (Å²) in [5.41, 5.74) is -2.05. The van der Waals surface area contributed by atoms with Crippen LogP contribution in [0.3, 0.4) is 0 Å². The van der Waals surface area contributed by atoms with Crippen LogP contribution in [0.1, 0.15) is 37.7 Å². The molecule has 0 spiro atoms. The lowest BCUT2D eigenvalue weighted by Gasteiger charge is -2.29. The van der Waals surface area contributed by atoms with Gasteiger partial charge in [-0.3, -0.25) is 4.99 Å². The number of aliphatic hydroxyl groups is 1. The number of alkyl halides is 3. The van der Waals surface area contributed by atoms with Crippen molar-refractivity contribution in [3.63, 3.8) is 0 Å². The highest BCUT2D eigenvalue weighted by Gasteiger charge is 2.57. The zero-order valence-corrected chi connectivity index (χ0v) is 18.9. The Morgan fingerprint density at radius 1 is 1.28 bits per heavy atom. The minimum absolute atomic E-state index is 0. The van der Waals surface area contributed by atoms with Gasteiger partial charge >= 0.3 is 6.18 Å². The zero-order valence-electron chi connectivity index (χ0n) is 16.6. The van der Waals surface area contributed by atoms with Crippen LogP contribution in [0.4, 0.5) is 13.2 Å². The van der Waals surface area contributed by atoms with Crippen molar-refractivity contribution in [1.82, 2.24) is 20.2 Å². The molecule has 1 heterocycles. The van der Waals surface area contributed by atoms with Gasteiger partial charge in [0, 0.05) is 39.0 Å². The van der Waals surface area contributed by atoms with Crippen LogP contribution in [0, 0.1) is 0 Å². The van der Waals surface area contributed by atoms with Gasteiger partial charge in [0.1, 0.15) is 5.82 Å². The van der Waals surface area contributed by atoms with E-state index >= 15 is 0 Å². The monoisotopic (exact) mass is 525 g/mol. The Bertz CT molecular complexity index is 782. The Labute approximate surface area is 185 Å². The summed E-state index contributed by atoms with van der Waals surface area (Å²) in [5, 5.41) is 16.5. The van der Waals surface area contributed by atoms with Gasteiger partial charge in [0.15, 0.2) is 5.96 Å². The van der Waals surface area contributed by atoms with Crippen LogP contribution in [0.5, 0.6) is 0 Å². The maximum atomic E-state index is 13.6. The Kier molecular flexibility index (Phi) is 9.40. The largest absolute Gasteiger partial charge is 0.424 e. The standard InChI is InChI=1S/C19H26F3N5O.HI/c1-4-23-17(26-14(2)15-8-6-5-7-9-15)25-11-10-18(28,19(20,21)22)16-24-12-13-27(16)3;/h5-9,12-14,28H,4,10-11H2,1-3H3,(H2,23,25,26);1H. The Morgan fingerprint density at radius 3 is 2.45 bits per heavy atom. The number of imidazole rings is 1. The van der Waals surface area contributed by atoms with Gasteiger partial charge in [-0.25, -0.2) is 4.98 Å². The van der Waals surface area contributed by atoms with Gasteiger partial charge in [-0.2, -0.15) is 13.2 Å². The van der Waals surface area contributed by atoms with Crippen LogP contribution >= 0.6 is 24.0 Å². The molecule has 0 saturated heterocycles. The van der Waals surface area contributed by atoms with E-state index in [1.165, 1.54) is 19.4 Å². The first kappa shape index (κ1) is 25.2. The van der Waals surface area contributed by atoms with Gasteiger partial charge in [0.05, 0.1) is 6.04 Å². The van der Waals surface area contributed by atoms with Crippen molar-refractivity contribution in [2.24, 2.45) is 12.0 Å². The van der Waals surface area contributed by atoms with Crippen molar-refractivity contribution in [3.05, 3.63) is 54.1 Å². The molecule has 1 aromatic carbocycles. The predicted molar refractivity (Wildman–Crippen MR) is 117 cm³/mol. The lowest BCUT2D eigenvalue weighted by molar-refractivity contribution is -0.272. The van der Waals surface area contributed by atoms with Crippen LogP contribution in [0.25, 0.3) is 0 Å². The van der Waals surface area contributed by atoms with E-state index in [0.29, 0.717) is 12.5 Å². The Hall–Kier alpha value is -1.82. The topological polar surface area (TPSA) is 74.5 Å². The molecule has 162 valence electrons. The summed E-state index contributed by atoms with van der Waals surface area (Å²) in [6.07, 6.45) is -2.92. The van der Waals surface area contributed by atoms with Gasteiger partial charge in [0.2, 0.25) is 5.60 Å². The van der Waals surface area contributed by atoms with Gasteiger partial charge in [-0.05, 0) is 19.4 Å². The van der Waals surface area contributed by atoms with Gasteiger partial charge in [0.25, 0.3) is 0 Å². The molecular weight excluding hydrogens is 498 g/mol. The van der Waals surface area contributed by atoms with Crippen LogP contribution in [-0.2, 0) is 12.6 Å². The summed E-state index contributed by atoms with van der Waals surface area (Å²) in [6.45, 7) is 4.11. The van der Waals surface area contributed by atoms with E-state index in [9.17, 15) is 18.3 Å². The number of hydrogen-bond acceptors (Lipinski definition) is 3. The first-order valence-electron chi connectivity index (χ1n) is 9.05. The van der Waals surface area contributed by atoms with E-state index in [1.807, 2.05) is 44.2 Å². The summed E-state index contributed by atoms with van der Waals surface area (Å²) in [6, 6.07) is 9.54. The third-order valence-electron chi connectivity index (χ3n) is 4.40. The second-order valence-electron chi connectivity index (χ2n) is 6.51. The molecule has 2 aromatic rings. The Morgan fingerprint density at radius 2 is 1.93 bits per heavy atom. The maximum Gasteiger partial charge on any atom is 0.424 e. The molecular formula is C19H27F3IN5O. The predicted octanol–water partition coefficient (Wildman–Crippen LogP) is 3.49. The number of aryl methyl sites for hydroxylation is 1. The Balaban J connectivity index is 0.00000420. The van der Waals surface area contributed by atoms with E-state index in [4.69, 9.17) is 0 Å². The van der Waals surface area contributed by atoms with Gasteiger partial charge in [-0.1, -0.05) is 30.3 Å². The van der Waals surface area contributed by atoms with Crippen molar-refractivity contribution in [2.45, 2.75) is 38.1 Å². The quantitative estimate of drug-likeness (QED) is 0.294. The van der Waals surface area contributed by atoms with Crippen molar-refractivity contribution in [1.29, 1.82) is 0 Å². The molecule has 2 unspecified atom stereocenters. The minimum Gasteiger partial charge on any atom is -0.374 e. The van der Waals surface area contributed by atoms with Crippen molar-refractivity contribution >= 4 is 29.9 Å². The third kappa shape index (κ3) is 6.33. The molecule has 0 aliphatic carbocycles. The fourth-order valence-corrected chi connectivity index (χ4v) is 2.82. The fraction of sp³-hybridized carbons (Fsp3) is 0.474. The van der Waals surface area contributed by atoms with Crippen LogP contribution in [-0.4, -0.2) is 39.9 Å². The smallest absolute Gasteiger partial charge is 0.374 e. The highest BCUT2D eigenvalue weighted by Crippen LogP contribution is 2.40. The lowest BCUT2D eigenvalue weighted by Crippen LogP contribution is -2.45. The van der Waals surface area contributed by atoms with Crippen molar-refractivity contribution < 1.29 is 18.3 Å². The van der Waals surface area contributed by atoms with Gasteiger partial charge < -0.3 is 20.3 Å². The molecule has 3 N–H and O–H groups in total. The van der Waals surface area contributed by atoms with Crippen molar-refractivity contribution in [2.75, 3.05) is 13.1 Å². The second kappa shape index (κ2) is 10.8. The number of aliphatic imine (C=N–C) groups is 1. The third-order valence-corrected chi connectivity index (χ3v) is 4.40. The van der Waals surface area contributed by atoms with E-state index in [-0.39, 0.29) is 36.6 Å². The molecule has 0 aliphatic heterocycles. The lowest BCUT2D eigenvalue weighted by atomic mass is 9.98. The van der Waals surface area contributed by atoms with E-state index in [0.717, 1.165) is 10.1 Å². The fourth-order valence-electron chi connectivity index (χ4n) is 2.82. The van der Waals surface area contributed by atoms with Crippen molar-refractivity contribution in [3.8, 4) is 0 Å². The molecule has 0 bridgehead atoms. The van der Waals surface area contributed by atoms with Gasteiger partial charge in [-0.15, -0.1) is 24.0 Å². The zero-order chi connectivity index (χ0) is 20.8. The number of hydrogen-bond donors (Lipinski definition) is 3. The molecule has 0 amide bonds. The molecule has 0 radical (unpaired) electrons. The molecule has 0 saturated carbocycles. The van der Waals surface area contributed by atoms with Crippen LogP contribution in [0.2, 0.25) is 0 Å². The molecule has 29 heavy (non-hydrogen) atoms. The highest BCUT2D eigenvalue weighted by molar-refractivity contribution is 14.0.